The first-order valence-corrected chi connectivity index (χ1v) is 8.71. The summed E-state index contributed by atoms with van der Waals surface area (Å²) in [6.07, 6.45) is 4.04. The molecular weight excluding hydrogens is 290 g/mol. The van der Waals surface area contributed by atoms with Crippen LogP contribution in [-0.4, -0.2) is 42.9 Å². The van der Waals surface area contributed by atoms with Crippen molar-refractivity contribution in [3.05, 3.63) is 30.3 Å². The van der Waals surface area contributed by atoms with Crippen LogP contribution in [-0.2, 0) is 0 Å². The average molecular weight is 319 g/mol. The van der Waals surface area contributed by atoms with E-state index in [1.807, 2.05) is 18.2 Å². The number of aliphatic hydroxyl groups excluding tert-OH is 1. The molecule has 128 valence electrons. The number of nitrogens with zero attached hydrogens (tertiary/aromatic N) is 1. The predicted molar refractivity (Wildman–Crippen MR) is 93.7 cm³/mol. The van der Waals surface area contributed by atoms with Gasteiger partial charge in [-0.05, 0) is 51.2 Å². The highest BCUT2D eigenvalue weighted by Gasteiger charge is 2.20. The van der Waals surface area contributed by atoms with E-state index in [1.54, 1.807) is 0 Å². The van der Waals surface area contributed by atoms with Gasteiger partial charge in [0.15, 0.2) is 0 Å². The number of rotatable bonds is 7. The largest absolute Gasteiger partial charge is 0.393 e. The Morgan fingerprint density at radius 2 is 1.91 bits per heavy atom. The third-order valence-electron chi connectivity index (χ3n) is 4.43. The number of urea groups is 1. The molecule has 1 aromatic rings. The Balaban J connectivity index is 1.61. The molecule has 2 rings (SSSR count). The van der Waals surface area contributed by atoms with E-state index < -0.39 is 0 Å². The molecule has 1 aliphatic carbocycles. The third kappa shape index (κ3) is 6.10. The zero-order valence-corrected chi connectivity index (χ0v) is 14.0. The number of hydrogen-bond donors (Lipinski definition) is 3. The number of aliphatic hydroxyl groups is 1. The maximum Gasteiger partial charge on any atom is 0.315 e. The molecule has 5 heteroatoms. The highest BCUT2D eigenvalue weighted by molar-refractivity contribution is 5.74. The van der Waals surface area contributed by atoms with Crippen molar-refractivity contribution in [2.45, 2.75) is 51.2 Å². The summed E-state index contributed by atoms with van der Waals surface area (Å²) in [5.41, 5.74) is 1.22. The zero-order valence-electron chi connectivity index (χ0n) is 14.0. The first-order valence-electron chi connectivity index (χ1n) is 8.71. The predicted octanol–water partition coefficient (Wildman–Crippen LogP) is 2.51. The van der Waals surface area contributed by atoms with Crippen molar-refractivity contribution in [1.29, 1.82) is 0 Å². The Morgan fingerprint density at radius 1 is 1.22 bits per heavy atom. The van der Waals surface area contributed by atoms with Gasteiger partial charge in [0.25, 0.3) is 0 Å². The normalized spacial score (nSPS) is 20.8. The lowest BCUT2D eigenvalue weighted by Gasteiger charge is -2.26. The minimum Gasteiger partial charge on any atom is -0.393 e. The lowest BCUT2D eigenvalue weighted by molar-refractivity contribution is 0.117. The van der Waals surface area contributed by atoms with E-state index in [4.69, 9.17) is 0 Å². The van der Waals surface area contributed by atoms with Crippen LogP contribution in [0.3, 0.4) is 0 Å². The van der Waals surface area contributed by atoms with Crippen LogP contribution in [0.25, 0.3) is 0 Å². The molecule has 5 nitrogen and oxygen atoms in total. The fourth-order valence-corrected chi connectivity index (χ4v) is 3.04. The Labute approximate surface area is 139 Å². The standard InChI is InChI=1S/C18H29N3O2/c1-2-21(16-7-4-3-5-8-16)14-6-13-19-18(23)20-15-9-11-17(22)12-10-15/h3-5,7-8,15,17,22H,2,6,9-14H2,1H3,(H2,19,20,23). The van der Waals surface area contributed by atoms with Gasteiger partial charge in [-0.2, -0.15) is 0 Å². The van der Waals surface area contributed by atoms with Gasteiger partial charge in [0.1, 0.15) is 0 Å². The summed E-state index contributed by atoms with van der Waals surface area (Å²) in [5.74, 6) is 0. The fraction of sp³-hybridized carbons (Fsp3) is 0.611. The second-order valence-electron chi connectivity index (χ2n) is 6.17. The molecule has 1 fully saturated rings. The van der Waals surface area contributed by atoms with E-state index in [0.29, 0.717) is 6.54 Å². The van der Waals surface area contributed by atoms with Crippen molar-refractivity contribution in [3.8, 4) is 0 Å². The Bertz CT molecular complexity index is 459. The highest BCUT2D eigenvalue weighted by atomic mass is 16.3. The number of hydrogen-bond acceptors (Lipinski definition) is 3. The molecule has 23 heavy (non-hydrogen) atoms. The van der Waals surface area contributed by atoms with Crippen LogP contribution in [0.1, 0.15) is 39.0 Å². The topological polar surface area (TPSA) is 64.6 Å². The first-order chi connectivity index (χ1) is 11.2. The smallest absolute Gasteiger partial charge is 0.315 e. The molecule has 1 aromatic carbocycles. The Hall–Kier alpha value is -1.75. The van der Waals surface area contributed by atoms with Gasteiger partial charge in [-0.15, -0.1) is 0 Å². The molecule has 1 aliphatic rings. The van der Waals surface area contributed by atoms with E-state index in [2.05, 4.69) is 34.6 Å². The zero-order chi connectivity index (χ0) is 16.5. The molecule has 1 saturated carbocycles. The second-order valence-corrected chi connectivity index (χ2v) is 6.17. The second kappa shape index (κ2) is 9.40. The van der Waals surface area contributed by atoms with Crippen LogP contribution in [0, 0.1) is 0 Å². The summed E-state index contributed by atoms with van der Waals surface area (Å²) in [6.45, 7) is 4.70. The molecule has 0 radical (unpaired) electrons. The molecule has 0 aliphatic heterocycles. The van der Waals surface area contributed by atoms with E-state index in [1.165, 1.54) is 5.69 Å². The maximum absolute atomic E-state index is 11.9. The summed E-state index contributed by atoms with van der Waals surface area (Å²) in [7, 11) is 0. The summed E-state index contributed by atoms with van der Waals surface area (Å²) in [5, 5.41) is 15.4. The molecular formula is C18H29N3O2. The van der Waals surface area contributed by atoms with E-state index in [0.717, 1.165) is 45.2 Å². The molecule has 0 unspecified atom stereocenters. The molecule has 2 amide bonds. The van der Waals surface area contributed by atoms with E-state index in [-0.39, 0.29) is 18.2 Å². The van der Waals surface area contributed by atoms with Gasteiger partial charge in [0.05, 0.1) is 6.10 Å². The molecule has 0 spiro atoms. The third-order valence-corrected chi connectivity index (χ3v) is 4.43. The summed E-state index contributed by atoms with van der Waals surface area (Å²) >= 11 is 0. The fourth-order valence-electron chi connectivity index (χ4n) is 3.04. The van der Waals surface area contributed by atoms with Gasteiger partial charge in [-0.1, -0.05) is 18.2 Å². The number of benzene rings is 1. The molecule has 0 heterocycles. The molecule has 0 atom stereocenters. The van der Waals surface area contributed by atoms with Crippen molar-refractivity contribution in [3.63, 3.8) is 0 Å². The van der Waals surface area contributed by atoms with Crippen LogP contribution in [0.15, 0.2) is 30.3 Å². The first kappa shape index (κ1) is 17.6. The monoisotopic (exact) mass is 319 g/mol. The van der Waals surface area contributed by atoms with Crippen molar-refractivity contribution < 1.29 is 9.90 Å². The molecule has 0 saturated heterocycles. The minimum atomic E-state index is -0.186. The lowest BCUT2D eigenvalue weighted by atomic mass is 9.93. The molecule has 0 aromatic heterocycles. The number of carbonyl (C=O) groups is 1. The summed E-state index contributed by atoms with van der Waals surface area (Å²) < 4.78 is 0. The number of nitrogens with one attached hydrogen (secondary N) is 2. The van der Waals surface area contributed by atoms with E-state index >= 15 is 0 Å². The summed E-state index contributed by atoms with van der Waals surface area (Å²) in [4.78, 5) is 14.2. The molecule has 3 N–H and O–H groups in total. The van der Waals surface area contributed by atoms with Crippen LogP contribution >= 0.6 is 0 Å². The average Bonchev–Trinajstić information content (AvgIpc) is 2.58. The Kier molecular flexibility index (Phi) is 7.20. The van der Waals surface area contributed by atoms with Gasteiger partial charge in [-0.3, -0.25) is 0 Å². The maximum atomic E-state index is 11.9. The summed E-state index contributed by atoms with van der Waals surface area (Å²) in [6, 6.07) is 10.5. The van der Waals surface area contributed by atoms with Gasteiger partial charge in [0.2, 0.25) is 0 Å². The number of carbonyl (C=O) groups excluding carboxylic acids is 1. The van der Waals surface area contributed by atoms with Crippen LogP contribution in [0.2, 0.25) is 0 Å². The van der Waals surface area contributed by atoms with Gasteiger partial charge < -0.3 is 20.6 Å². The van der Waals surface area contributed by atoms with E-state index in [9.17, 15) is 9.90 Å². The molecule has 0 bridgehead atoms. The Morgan fingerprint density at radius 3 is 2.57 bits per heavy atom. The number of amides is 2. The van der Waals surface area contributed by atoms with Crippen molar-refractivity contribution >= 4 is 11.7 Å². The van der Waals surface area contributed by atoms with Gasteiger partial charge in [0, 0.05) is 31.4 Å². The SMILES string of the molecule is CCN(CCCNC(=O)NC1CCC(O)CC1)c1ccccc1. The van der Waals surface area contributed by atoms with Crippen LogP contribution in [0.4, 0.5) is 10.5 Å². The van der Waals surface area contributed by atoms with Gasteiger partial charge >= 0.3 is 6.03 Å². The highest BCUT2D eigenvalue weighted by Crippen LogP contribution is 2.18. The van der Waals surface area contributed by atoms with Crippen LogP contribution < -0.4 is 15.5 Å². The quantitative estimate of drug-likeness (QED) is 0.677. The lowest BCUT2D eigenvalue weighted by Crippen LogP contribution is -2.44. The van der Waals surface area contributed by atoms with Crippen LogP contribution in [0.5, 0.6) is 0 Å². The van der Waals surface area contributed by atoms with Gasteiger partial charge in [-0.25, -0.2) is 4.79 Å². The van der Waals surface area contributed by atoms with Crippen molar-refractivity contribution in [2.24, 2.45) is 0 Å². The number of anilines is 1. The minimum absolute atomic E-state index is 0.0888. The van der Waals surface area contributed by atoms with Crippen molar-refractivity contribution in [2.75, 3.05) is 24.5 Å². The van der Waals surface area contributed by atoms with Crippen molar-refractivity contribution in [1.82, 2.24) is 10.6 Å². The number of para-hydroxylation sites is 1.